The van der Waals surface area contributed by atoms with Crippen molar-refractivity contribution in [3.05, 3.63) is 226 Å². The molecule has 2 aromatic heterocycles. The summed E-state index contributed by atoms with van der Waals surface area (Å²) in [5, 5.41) is 1.91. The first kappa shape index (κ1) is 76.2. The van der Waals surface area contributed by atoms with E-state index in [0.29, 0.717) is 48.1 Å². The van der Waals surface area contributed by atoms with Crippen LogP contribution in [0.4, 0.5) is 0 Å². The Morgan fingerprint density at radius 1 is 0.433 bits per heavy atom. The van der Waals surface area contributed by atoms with Crippen molar-refractivity contribution >= 4 is 83.4 Å². The molecule has 0 fully saturated rings. The summed E-state index contributed by atoms with van der Waals surface area (Å²) in [4.78, 5) is 30.0. The van der Waals surface area contributed by atoms with E-state index in [1.807, 2.05) is 94.4 Å². The number of nitrogens with zero attached hydrogens (tertiary/aromatic N) is 1. The quantitative estimate of drug-likeness (QED) is 0.0333. The second-order valence-corrected chi connectivity index (χ2v) is 25.8. The molecule has 12 aromatic rings. The summed E-state index contributed by atoms with van der Waals surface area (Å²) in [6.45, 7) is 7.87. The summed E-state index contributed by atoms with van der Waals surface area (Å²) < 4.78 is 130. The summed E-state index contributed by atoms with van der Waals surface area (Å²) in [7, 11) is -15.3. The van der Waals surface area contributed by atoms with Gasteiger partial charge in [-0.05, 0) is 88.7 Å². The molecule has 0 atom stereocenters. The molecule has 0 aliphatic heterocycles. The van der Waals surface area contributed by atoms with Crippen LogP contribution in [0.5, 0.6) is 23.0 Å². The van der Waals surface area contributed by atoms with Crippen molar-refractivity contribution in [2.24, 2.45) is 0 Å². The van der Waals surface area contributed by atoms with E-state index in [1.165, 1.54) is 46.2 Å². The van der Waals surface area contributed by atoms with Crippen LogP contribution in [0.1, 0.15) is 50.7 Å². The fourth-order valence-corrected chi connectivity index (χ4v) is 13.5. The second-order valence-electron chi connectivity index (χ2n) is 20.6. The predicted octanol–water partition coefficient (Wildman–Crippen LogP) is -4.05. The normalized spacial score (nSPS) is 11.5. The van der Waals surface area contributed by atoms with Gasteiger partial charge in [0, 0.05) is 43.1 Å². The molecule has 0 amide bonds. The van der Waals surface area contributed by atoms with Gasteiger partial charge in [0.15, 0.2) is 0 Å². The minimum atomic E-state index is -5.34. The molecule has 0 saturated carbocycles. The van der Waals surface area contributed by atoms with Crippen LogP contribution in [-0.4, -0.2) is 43.5 Å². The van der Waals surface area contributed by atoms with Crippen molar-refractivity contribution in [2.45, 2.75) is 54.2 Å². The average molecular weight is 1320 g/mol. The number of aromatic nitrogens is 1. The summed E-state index contributed by atoms with van der Waals surface area (Å²) in [6.07, 6.45) is 0. The maximum Gasteiger partial charge on any atom is 1.00 e. The maximum absolute atomic E-state index is 16.0. The van der Waals surface area contributed by atoms with Gasteiger partial charge in [0.05, 0.1) is 35.8 Å². The van der Waals surface area contributed by atoms with Crippen molar-refractivity contribution in [2.75, 3.05) is 0 Å². The van der Waals surface area contributed by atoms with Gasteiger partial charge in [0.2, 0.25) is 0 Å². The van der Waals surface area contributed by atoms with Gasteiger partial charge in [-0.2, -0.15) is 90.0 Å². The van der Waals surface area contributed by atoms with E-state index >= 15 is 9.59 Å². The van der Waals surface area contributed by atoms with Gasteiger partial charge in [0.25, 0.3) is 11.1 Å². The first-order valence-electron chi connectivity index (χ1n) is 26.1. The zero-order chi connectivity index (χ0) is 59.1. The summed E-state index contributed by atoms with van der Waals surface area (Å²) in [6, 6.07) is 54.9. The smallest absolute Gasteiger partial charge is 0.744 e. The number of hydrogen-bond donors (Lipinski definition) is 0. The van der Waals surface area contributed by atoms with Gasteiger partial charge in [-0.1, -0.05) is 88.4 Å². The minimum absolute atomic E-state index is 0. The molecular formula is C66H43NNa6O13S4. The molecule has 0 N–H and O–H groups in total. The number of pyridine rings is 1. The van der Waals surface area contributed by atoms with Gasteiger partial charge < -0.3 is 23.1 Å². The molecule has 10 aromatic carbocycles. The molecule has 0 unspecified atom stereocenters. The zero-order valence-corrected chi connectivity index (χ0v) is 66.1. The Balaban J connectivity index is 0.00000215. The van der Waals surface area contributed by atoms with Crippen LogP contribution >= 0.6 is 11.3 Å². The van der Waals surface area contributed by atoms with Gasteiger partial charge >= 0.3 is 177 Å². The fourth-order valence-electron chi connectivity index (χ4n) is 10.9. The number of benzene rings is 10. The van der Waals surface area contributed by atoms with Gasteiger partial charge in [-0.15, -0.1) is 22.5 Å². The number of ether oxygens (including phenoxy) is 2. The Bertz CT molecular complexity index is 4970. The molecule has 0 spiro atoms. The molecule has 0 aliphatic rings. The monoisotopic (exact) mass is 1320 g/mol. The Kier molecular flexibility index (Phi) is 25.8. The second kappa shape index (κ2) is 30.5. The van der Waals surface area contributed by atoms with Crippen LogP contribution in [0.25, 0.3) is 91.9 Å². The zero-order valence-electron chi connectivity index (χ0n) is 50.8. The van der Waals surface area contributed by atoms with Crippen molar-refractivity contribution in [1.82, 2.24) is 4.57 Å². The van der Waals surface area contributed by atoms with Gasteiger partial charge in [-0.3, -0.25) is 9.59 Å². The topological polar surface area (TPSA) is 229 Å². The van der Waals surface area contributed by atoms with E-state index in [0.717, 1.165) is 58.7 Å². The first-order valence-corrected chi connectivity index (χ1v) is 31.2. The Morgan fingerprint density at radius 2 is 0.844 bits per heavy atom. The van der Waals surface area contributed by atoms with E-state index in [1.54, 1.807) is 42.5 Å². The Morgan fingerprint density at radius 3 is 1.29 bits per heavy atom. The number of para-hydroxylation sites is 1. The van der Waals surface area contributed by atoms with E-state index < -0.39 is 56.2 Å². The molecule has 24 heteroatoms. The number of hydrogen-bond acceptors (Lipinski definition) is 14. The van der Waals surface area contributed by atoms with Crippen LogP contribution in [0.2, 0.25) is 0 Å². The number of fused-ring (bicyclic) bond motifs is 2. The minimum Gasteiger partial charge on any atom is -0.744 e. The van der Waals surface area contributed by atoms with Crippen LogP contribution in [0.3, 0.4) is 0 Å². The number of rotatable bonds is 14. The third kappa shape index (κ3) is 14.8. The van der Waals surface area contributed by atoms with E-state index in [-0.39, 0.29) is 245 Å². The third-order valence-electron chi connectivity index (χ3n) is 14.8. The van der Waals surface area contributed by atoms with Crippen LogP contribution < -0.4 is 198 Å². The predicted molar refractivity (Wildman–Crippen MR) is 321 cm³/mol. The van der Waals surface area contributed by atoms with Crippen LogP contribution in [0, 0.1) is 18.2 Å². The molecule has 0 radical (unpaired) electrons. The van der Waals surface area contributed by atoms with E-state index in [4.69, 9.17) is 9.47 Å². The molecule has 90 heavy (non-hydrogen) atoms. The summed E-state index contributed by atoms with van der Waals surface area (Å²) in [5.41, 5.74) is 3.17. The molecule has 420 valence electrons. The third-order valence-corrected chi connectivity index (χ3v) is 18.5. The Labute approximate surface area is 657 Å². The largest absolute Gasteiger partial charge is 1.00 e. The van der Waals surface area contributed by atoms with E-state index in [9.17, 15) is 38.9 Å². The van der Waals surface area contributed by atoms with Crippen LogP contribution in [-0.2, 0) is 30.4 Å². The van der Waals surface area contributed by atoms with Gasteiger partial charge in [-0.25, -0.2) is 29.8 Å². The molecule has 0 bridgehead atoms. The first-order chi connectivity index (χ1) is 40.1. The van der Waals surface area contributed by atoms with Crippen LogP contribution in [0.15, 0.2) is 200 Å². The molecule has 14 nitrogen and oxygen atoms in total. The standard InChI is InChI=1S/C66H46NO13S4.6Na/c1-37(2)46-20-13-21-47(38(3)4)61(46)67-65(68)53-35-55(79-62-48(39-15-7-5-8-16-39)22-14-23-49(62)40-17-9-6-10-18-40)59-50-19-11-12-24-57(50)81-64-56(36-54(66(67)69)58(53)60(59)64)80-63-51(41-25-29-43(30-26-41)82(70,71)72)33-45(84(76,77)78)34-52(63)42-27-31-44(32-28-42)83(73,74)75;;;;;;/h7-13,15-38H,1-4H3,(H,70,71,72)(H,73,74,75)(H,76,77,78);;;;;;/q-3;6*+1/p-3. The van der Waals surface area contributed by atoms with Gasteiger partial charge in [0.1, 0.15) is 47.6 Å². The van der Waals surface area contributed by atoms with Crippen molar-refractivity contribution in [3.8, 4) is 73.2 Å². The van der Waals surface area contributed by atoms with Crippen molar-refractivity contribution < 1.29 is 226 Å². The molecule has 2 heterocycles. The molecule has 12 rings (SSSR count). The molecular weight excluding hydrogens is 1280 g/mol. The molecule has 0 saturated heterocycles. The van der Waals surface area contributed by atoms with E-state index in [2.05, 4.69) is 18.2 Å². The van der Waals surface area contributed by atoms with Crippen molar-refractivity contribution in [3.63, 3.8) is 0 Å². The Hall–Kier alpha value is -2.85. The SMILES string of the molecule is CC(C)c1cccc(C(C)C)c1-n1c(=O)c2cc(Oc3c(-c4ccc(S(=O)(=O)[O-])cc4)cc(S(=O)(=O)[O-])cc3-c3ccc(S(=O)(=O)[O-])cc3)c3sc4ccccc4c4c(Oc5c(-c6cc[c-]cc6)c[c-]cc5-c5cc[c-]cc5)cc(c1=O)c2c34.[Na+].[Na+].[Na+].[Na+].[Na+].[Na+]. The maximum atomic E-state index is 16.0. The van der Waals surface area contributed by atoms with Crippen molar-refractivity contribution in [1.29, 1.82) is 0 Å². The average Bonchev–Trinajstić information content (AvgIpc) is 0.698. The fraction of sp³-hybridized carbons (Fsp3) is 0.0909. The summed E-state index contributed by atoms with van der Waals surface area (Å²) in [5.74, 6) is 0.0283. The molecule has 0 aliphatic carbocycles. The summed E-state index contributed by atoms with van der Waals surface area (Å²) >= 11 is 1.24.